The van der Waals surface area contributed by atoms with Gasteiger partial charge in [0, 0.05) is 12.5 Å². The highest BCUT2D eigenvalue weighted by molar-refractivity contribution is 5.84. The molecule has 0 saturated carbocycles. The maximum atomic E-state index is 14.0. The standard InChI is InChI=1S/C13H15F6N3O/c1-12(15,16)5-22-11(23)7(4-13(17,18)19)6-2-3-8(20)10(21)9(6)14/h2-3,7H,4-5,20-21H2,1H3,(H,22,23). The lowest BCUT2D eigenvalue weighted by Crippen LogP contribution is -2.39. The van der Waals surface area contributed by atoms with Crippen molar-refractivity contribution in [2.75, 3.05) is 18.0 Å². The molecule has 0 saturated heterocycles. The van der Waals surface area contributed by atoms with E-state index in [-0.39, 0.29) is 5.69 Å². The maximum Gasteiger partial charge on any atom is 0.390 e. The molecular weight excluding hydrogens is 328 g/mol. The molecule has 0 aliphatic rings. The normalized spacial score (nSPS) is 13.7. The fourth-order valence-corrected chi connectivity index (χ4v) is 1.83. The van der Waals surface area contributed by atoms with Crippen LogP contribution in [-0.4, -0.2) is 24.6 Å². The zero-order valence-corrected chi connectivity index (χ0v) is 12.0. The second kappa shape index (κ2) is 6.55. The van der Waals surface area contributed by atoms with E-state index in [0.717, 1.165) is 12.1 Å². The van der Waals surface area contributed by atoms with Crippen LogP contribution in [0, 0.1) is 5.82 Å². The first kappa shape index (κ1) is 18.9. The van der Waals surface area contributed by atoms with Gasteiger partial charge in [0.05, 0.1) is 30.3 Å². The monoisotopic (exact) mass is 343 g/mol. The summed E-state index contributed by atoms with van der Waals surface area (Å²) in [5.41, 5.74) is 9.14. The summed E-state index contributed by atoms with van der Waals surface area (Å²) in [4.78, 5) is 11.8. The van der Waals surface area contributed by atoms with Crippen molar-refractivity contribution < 1.29 is 31.1 Å². The first-order valence-electron chi connectivity index (χ1n) is 6.37. The molecule has 1 rings (SSSR count). The molecule has 1 aromatic rings. The Kier molecular flexibility index (Phi) is 5.39. The summed E-state index contributed by atoms with van der Waals surface area (Å²) >= 11 is 0. The van der Waals surface area contributed by atoms with Crippen molar-refractivity contribution in [2.24, 2.45) is 0 Å². The van der Waals surface area contributed by atoms with Crippen LogP contribution in [0.5, 0.6) is 0 Å². The first-order valence-corrected chi connectivity index (χ1v) is 6.37. The van der Waals surface area contributed by atoms with Crippen LogP contribution >= 0.6 is 0 Å². The van der Waals surface area contributed by atoms with Crippen molar-refractivity contribution in [1.82, 2.24) is 5.32 Å². The van der Waals surface area contributed by atoms with Gasteiger partial charge in [-0.2, -0.15) is 13.2 Å². The van der Waals surface area contributed by atoms with Crippen LogP contribution in [0.3, 0.4) is 0 Å². The summed E-state index contributed by atoms with van der Waals surface area (Å²) in [7, 11) is 0. The number of carbonyl (C=O) groups excluding carboxylic acids is 1. The molecule has 0 bridgehead atoms. The number of hydrogen-bond acceptors (Lipinski definition) is 3. The first-order chi connectivity index (χ1) is 10.3. The molecule has 23 heavy (non-hydrogen) atoms. The largest absolute Gasteiger partial charge is 0.397 e. The molecule has 4 nitrogen and oxygen atoms in total. The van der Waals surface area contributed by atoms with E-state index in [1.165, 1.54) is 0 Å². The van der Waals surface area contributed by atoms with E-state index in [1.807, 2.05) is 0 Å². The van der Waals surface area contributed by atoms with Crippen molar-refractivity contribution in [1.29, 1.82) is 0 Å². The Balaban J connectivity index is 3.16. The van der Waals surface area contributed by atoms with Crippen LogP contribution in [-0.2, 0) is 4.79 Å². The molecule has 1 unspecified atom stereocenters. The van der Waals surface area contributed by atoms with Crippen LogP contribution < -0.4 is 16.8 Å². The van der Waals surface area contributed by atoms with Crippen LogP contribution in [0.4, 0.5) is 37.7 Å². The summed E-state index contributed by atoms with van der Waals surface area (Å²) in [6.45, 7) is -0.694. The molecule has 0 aliphatic heterocycles. The molecule has 0 heterocycles. The summed E-state index contributed by atoms with van der Waals surface area (Å²) in [5.74, 6) is -8.04. The summed E-state index contributed by atoms with van der Waals surface area (Å²) < 4.78 is 77.4. The van der Waals surface area contributed by atoms with Crippen LogP contribution in [0.1, 0.15) is 24.8 Å². The van der Waals surface area contributed by atoms with Crippen molar-refractivity contribution in [2.45, 2.75) is 31.4 Å². The highest BCUT2D eigenvalue weighted by Gasteiger charge is 2.38. The van der Waals surface area contributed by atoms with E-state index >= 15 is 0 Å². The smallest absolute Gasteiger partial charge is 0.390 e. The Bertz CT molecular complexity index is 582. The second-order valence-electron chi connectivity index (χ2n) is 5.13. The number of nitrogens with one attached hydrogen (secondary N) is 1. The quantitative estimate of drug-likeness (QED) is 0.568. The number of hydrogen-bond donors (Lipinski definition) is 3. The van der Waals surface area contributed by atoms with Gasteiger partial charge in [-0.05, 0) is 6.07 Å². The Hall–Kier alpha value is -2.13. The third-order valence-corrected chi connectivity index (χ3v) is 2.94. The number of halogens is 6. The van der Waals surface area contributed by atoms with Gasteiger partial charge in [-0.3, -0.25) is 4.79 Å². The third-order valence-electron chi connectivity index (χ3n) is 2.94. The van der Waals surface area contributed by atoms with Crippen molar-refractivity contribution in [3.05, 3.63) is 23.5 Å². The number of amides is 1. The zero-order valence-electron chi connectivity index (χ0n) is 12.0. The van der Waals surface area contributed by atoms with Gasteiger partial charge in [0.1, 0.15) is 0 Å². The highest BCUT2D eigenvalue weighted by atomic mass is 19.4. The maximum absolute atomic E-state index is 14.0. The number of alkyl halides is 5. The van der Waals surface area contributed by atoms with E-state index in [1.54, 1.807) is 5.32 Å². The lowest BCUT2D eigenvalue weighted by Gasteiger charge is -2.21. The lowest BCUT2D eigenvalue weighted by atomic mass is 9.93. The van der Waals surface area contributed by atoms with Crippen molar-refractivity contribution in [3.8, 4) is 0 Å². The van der Waals surface area contributed by atoms with Gasteiger partial charge in [0.2, 0.25) is 5.91 Å². The van der Waals surface area contributed by atoms with Crippen LogP contribution in [0.2, 0.25) is 0 Å². The van der Waals surface area contributed by atoms with E-state index in [2.05, 4.69) is 0 Å². The predicted molar refractivity (Wildman–Crippen MR) is 72.3 cm³/mol. The molecule has 0 spiro atoms. The molecule has 1 aromatic carbocycles. The number of rotatable bonds is 5. The molecule has 130 valence electrons. The topological polar surface area (TPSA) is 81.1 Å². The minimum atomic E-state index is -4.82. The zero-order chi connectivity index (χ0) is 18.0. The molecule has 0 aliphatic carbocycles. The molecule has 1 amide bonds. The van der Waals surface area contributed by atoms with Gasteiger partial charge < -0.3 is 16.8 Å². The van der Waals surface area contributed by atoms with Gasteiger partial charge in [-0.1, -0.05) is 6.07 Å². The van der Waals surface area contributed by atoms with E-state index in [4.69, 9.17) is 11.5 Å². The minimum absolute atomic E-state index is 0.211. The van der Waals surface area contributed by atoms with E-state index < -0.39 is 54.0 Å². The van der Waals surface area contributed by atoms with Gasteiger partial charge in [-0.15, -0.1) is 0 Å². The SMILES string of the molecule is CC(F)(F)CNC(=O)C(CC(F)(F)F)c1ccc(N)c(N)c1F. The molecule has 1 atom stereocenters. The Morgan fingerprint density at radius 1 is 1.22 bits per heavy atom. The molecule has 0 aromatic heterocycles. The van der Waals surface area contributed by atoms with E-state index in [0.29, 0.717) is 6.92 Å². The van der Waals surface area contributed by atoms with Gasteiger partial charge in [0.25, 0.3) is 5.92 Å². The highest BCUT2D eigenvalue weighted by Crippen LogP contribution is 2.35. The van der Waals surface area contributed by atoms with Gasteiger partial charge in [0.15, 0.2) is 5.82 Å². The number of anilines is 2. The van der Waals surface area contributed by atoms with Crippen LogP contribution in [0.15, 0.2) is 12.1 Å². The number of carbonyl (C=O) groups is 1. The summed E-state index contributed by atoms with van der Waals surface area (Å²) in [6.07, 6.45) is -6.55. The van der Waals surface area contributed by atoms with Crippen molar-refractivity contribution in [3.63, 3.8) is 0 Å². The summed E-state index contributed by atoms with van der Waals surface area (Å²) in [6, 6.07) is 1.92. The number of benzene rings is 1. The molecule has 0 radical (unpaired) electrons. The van der Waals surface area contributed by atoms with Crippen LogP contribution in [0.25, 0.3) is 0 Å². The van der Waals surface area contributed by atoms with Gasteiger partial charge in [-0.25, -0.2) is 13.2 Å². The lowest BCUT2D eigenvalue weighted by molar-refractivity contribution is -0.148. The average Bonchev–Trinajstić information content (AvgIpc) is 2.38. The number of nitrogen functional groups attached to an aromatic ring is 2. The number of nitrogens with two attached hydrogens (primary N) is 2. The molecule has 5 N–H and O–H groups in total. The Morgan fingerprint density at radius 2 is 1.78 bits per heavy atom. The Labute approximate surface area is 127 Å². The minimum Gasteiger partial charge on any atom is -0.397 e. The molecule has 10 heteroatoms. The van der Waals surface area contributed by atoms with Crippen molar-refractivity contribution >= 4 is 17.3 Å². The summed E-state index contributed by atoms with van der Waals surface area (Å²) in [5, 5.41) is 1.68. The predicted octanol–water partition coefficient (Wildman–Crippen LogP) is 2.80. The fourth-order valence-electron chi connectivity index (χ4n) is 1.83. The second-order valence-corrected chi connectivity index (χ2v) is 5.13. The third kappa shape index (κ3) is 5.53. The average molecular weight is 343 g/mol. The molecule has 0 fully saturated rings. The van der Waals surface area contributed by atoms with E-state index in [9.17, 15) is 31.1 Å². The fraction of sp³-hybridized carbons (Fsp3) is 0.462. The Morgan fingerprint density at radius 3 is 2.26 bits per heavy atom. The van der Waals surface area contributed by atoms with Gasteiger partial charge >= 0.3 is 6.18 Å². The molecular formula is C13H15F6N3O.